The number of hydrogen-bond acceptors (Lipinski definition) is 4. The first-order valence-corrected chi connectivity index (χ1v) is 7.88. The van der Waals surface area contributed by atoms with Crippen LogP contribution in [-0.4, -0.2) is 47.9 Å². The molecule has 1 aromatic rings. The second-order valence-electron chi connectivity index (χ2n) is 6.30. The quantitative estimate of drug-likeness (QED) is 0.756. The largest absolute Gasteiger partial charge is 0.496 e. The number of benzene rings is 1. The number of aromatic carboxylic acids is 1. The van der Waals surface area contributed by atoms with Crippen LogP contribution in [-0.2, 0) is 6.54 Å². The third-order valence-corrected chi connectivity index (χ3v) is 4.55. The monoisotopic (exact) mass is 319 g/mol. The number of carboxylic acid groups (broad SMARTS) is 1. The Kier molecular flexibility index (Phi) is 5.80. The molecule has 1 aromatic carbocycles. The van der Waals surface area contributed by atoms with Crippen molar-refractivity contribution in [3.63, 3.8) is 0 Å². The van der Waals surface area contributed by atoms with Crippen LogP contribution in [0.3, 0.4) is 0 Å². The van der Waals surface area contributed by atoms with Gasteiger partial charge >= 0.3 is 5.97 Å². The third kappa shape index (κ3) is 4.12. The molecule has 2 rings (SSSR count). The molecule has 0 saturated carbocycles. The average molecular weight is 319 g/mol. The highest BCUT2D eigenvalue weighted by molar-refractivity contribution is 5.91. The fourth-order valence-electron chi connectivity index (χ4n) is 3.39. The molecule has 23 heavy (non-hydrogen) atoms. The molecule has 126 valence electrons. The minimum absolute atomic E-state index is 0.123. The van der Waals surface area contributed by atoms with Gasteiger partial charge in [-0.1, -0.05) is 12.1 Å². The van der Waals surface area contributed by atoms with Crippen LogP contribution in [0, 0.1) is 5.41 Å². The summed E-state index contributed by atoms with van der Waals surface area (Å²) >= 11 is 0. The second-order valence-corrected chi connectivity index (χ2v) is 6.30. The number of carbonyl (C=O) groups is 1. The van der Waals surface area contributed by atoms with E-state index in [-0.39, 0.29) is 17.6 Å². The molecule has 1 aliphatic heterocycles. The molecule has 1 saturated heterocycles. The maximum absolute atomic E-state index is 11.3. The highest BCUT2D eigenvalue weighted by atomic mass is 16.5. The molecule has 5 nitrogen and oxygen atoms in total. The van der Waals surface area contributed by atoms with E-state index in [2.05, 4.69) is 11.5 Å². The van der Waals surface area contributed by atoms with E-state index in [1.165, 1.54) is 7.11 Å². The highest BCUT2D eigenvalue weighted by Crippen LogP contribution is 2.34. The van der Waals surface area contributed by atoms with Gasteiger partial charge in [-0.05, 0) is 43.5 Å². The van der Waals surface area contributed by atoms with Crippen LogP contribution in [0.1, 0.15) is 35.2 Å². The maximum Gasteiger partial charge on any atom is 0.339 e. The lowest BCUT2D eigenvalue weighted by molar-refractivity contribution is 0.0309. The van der Waals surface area contributed by atoms with E-state index >= 15 is 0 Å². The van der Waals surface area contributed by atoms with Gasteiger partial charge in [0.2, 0.25) is 0 Å². The highest BCUT2D eigenvalue weighted by Gasteiger charge is 2.33. The lowest BCUT2D eigenvalue weighted by Gasteiger charge is -2.41. The number of hydrogen-bond donors (Lipinski definition) is 2. The summed E-state index contributed by atoms with van der Waals surface area (Å²) in [5.74, 6) is -0.616. The van der Waals surface area contributed by atoms with Gasteiger partial charge in [0.05, 0.1) is 13.7 Å². The summed E-state index contributed by atoms with van der Waals surface area (Å²) in [4.78, 5) is 13.6. The SMILES string of the molecule is C=CC[C@]1(CO)CCCN(Cc2ccc(OC)c(C(=O)O)c2)C1. The Morgan fingerprint density at radius 3 is 2.91 bits per heavy atom. The van der Waals surface area contributed by atoms with Gasteiger partial charge in [0.25, 0.3) is 0 Å². The van der Waals surface area contributed by atoms with Crippen molar-refractivity contribution in [3.8, 4) is 5.75 Å². The standard InChI is InChI=1S/C18H25NO4/c1-3-7-18(13-20)8-4-9-19(12-18)11-14-5-6-16(23-2)15(10-14)17(21)22/h3,5-6,10,20H,1,4,7-9,11-13H2,2H3,(H,21,22)/t18-/m0/s1. The average Bonchev–Trinajstić information content (AvgIpc) is 2.55. The van der Waals surface area contributed by atoms with Gasteiger partial charge in [0, 0.05) is 18.5 Å². The van der Waals surface area contributed by atoms with Crippen molar-refractivity contribution in [1.82, 2.24) is 4.90 Å². The molecule has 5 heteroatoms. The fraction of sp³-hybridized carbons (Fsp3) is 0.500. The zero-order valence-corrected chi connectivity index (χ0v) is 13.6. The Bertz CT molecular complexity index is 572. The molecule has 0 aliphatic carbocycles. The van der Waals surface area contributed by atoms with Gasteiger partial charge in [0.1, 0.15) is 11.3 Å². The molecule has 1 heterocycles. The Morgan fingerprint density at radius 2 is 2.30 bits per heavy atom. The Labute approximate surface area is 137 Å². The number of piperidine rings is 1. The first kappa shape index (κ1) is 17.5. The predicted octanol–water partition coefficient (Wildman–Crippen LogP) is 2.54. The molecule has 0 bridgehead atoms. The fourth-order valence-corrected chi connectivity index (χ4v) is 3.39. The molecule has 0 aromatic heterocycles. The first-order chi connectivity index (χ1) is 11.0. The number of aliphatic hydroxyl groups is 1. The number of methoxy groups -OCH3 is 1. The Morgan fingerprint density at radius 1 is 1.52 bits per heavy atom. The van der Waals surface area contributed by atoms with E-state index in [1.54, 1.807) is 12.1 Å². The number of likely N-dealkylation sites (tertiary alicyclic amines) is 1. The first-order valence-electron chi connectivity index (χ1n) is 7.88. The van der Waals surface area contributed by atoms with Crippen molar-refractivity contribution >= 4 is 5.97 Å². The second kappa shape index (κ2) is 7.62. The molecule has 1 fully saturated rings. The normalized spacial score (nSPS) is 21.8. The summed E-state index contributed by atoms with van der Waals surface area (Å²) < 4.78 is 5.10. The number of rotatable bonds is 7. The summed E-state index contributed by atoms with van der Waals surface area (Å²) in [6.45, 7) is 6.37. The van der Waals surface area contributed by atoms with Crippen molar-refractivity contribution in [2.45, 2.75) is 25.8 Å². The number of nitrogens with zero attached hydrogens (tertiary/aromatic N) is 1. The summed E-state index contributed by atoms with van der Waals surface area (Å²) in [5.41, 5.74) is 0.999. The van der Waals surface area contributed by atoms with Crippen LogP contribution in [0.4, 0.5) is 0 Å². The Hall–Kier alpha value is -1.85. The van der Waals surface area contributed by atoms with Crippen molar-refractivity contribution < 1.29 is 19.7 Å². The summed E-state index contributed by atoms with van der Waals surface area (Å²) in [6, 6.07) is 5.27. The van der Waals surface area contributed by atoms with Gasteiger partial charge in [-0.2, -0.15) is 0 Å². The van der Waals surface area contributed by atoms with Crippen LogP contribution in [0.15, 0.2) is 30.9 Å². The van der Waals surface area contributed by atoms with E-state index in [1.807, 2.05) is 12.1 Å². The molecule has 0 amide bonds. The van der Waals surface area contributed by atoms with Crippen molar-refractivity contribution in [2.24, 2.45) is 5.41 Å². The molecule has 1 atom stereocenters. The van der Waals surface area contributed by atoms with E-state index < -0.39 is 5.97 Å². The van der Waals surface area contributed by atoms with E-state index in [9.17, 15) is 15.0 Å². The van der Waals surface area contributed by atoms with Crippen LogP contribution in [0.2, 0.25) is 0 Å². The lowest BCUT2D eigenvalue weighted by Crippen LogP contribution is -2.44. The minimum Gasteiger partial charge on any atom is -0.496 e. The summed E-state index contributed by atoms with van der Waals surface area (Å²) in [5, 5.41) is 19.1. The zero-order chi connectivity index (χ0) is 16.9. The number of carboxylic acids is 1. The Balaban J connectivity index is 2.14. The van der Waals surface area contributed by atoms with E-state index in [0.717, 1.165) is 37.9 Å². The van der Waals surface area contributed by atoms with Gasteiger partial charge in [-0.25, -0.2) is 4.79 Å². The molecule has 0 spiro atoms. The summed E-state index contributed by atoms with van der Waals surface area (Å²) in [7, 11) is 1.47. The molecule has 0 radical (unpaired) electrons. The van der Waals surface area contributed by atoms with Gasteiger partial charge in [0.15, 0.2) is 0 Å². The zero-order valence-electron chi connectivity index (χ0n) is 13.6. The summed E-state index contributed by atoms with van der Waals surface area (Å²) in [6.07, 6.45) is 4.68. The smallest absolute Gasteiger partial charge is 0.339 e. The molecule has 2 N–H and O–H groups in total. The van der Waals surface area contributed by atoms with E-state index in [4.69, 9.17) is 4.74 Å². The third-order valence-electron chi connectivity index (χ3n) is 4.55. The van der Waals surface area contributed by atoms with Crippen LogP contribution < -0.4 is 4.74 Å². The maximum atomic E-state index is 11.3. The number of ether oxygens (including phenoxy) is 1. The van der Waals surface area contributed by atoms with Crippen molar-refractivity contribution in [3.05, 3.63) is 42.0 Å². The van der Waals surface area contributed by atoms with Gasteiger partial charge in [-0.15, -0.1) is 6.58 Å². The van der Waals surface area contributed by atoms with Crippen LogP contribution in [0.5, 0.6) is 5.75 Å². The predicted molar refractivity (Wildman–Crippen MR) is 88.8 cm³/mol. The van der Waals surface area contributed by atoms with Crippen LogP contribution in [0.25, 0.3) is 0 Å². The number of allylic oxidation sites excluding steroid dienone is 1. The molecule has 1 aliphatic rings. The minimum atomic E-state index is -0.987. The van der Waals surface area contributed by atoms with Crippen molar-refractivity contribution in [2.75, 3.05) is 26.8 Å². The van der Waals surface area contributed by atoms with E-state index in [0.29, 0.717) is 12.3 Å². The molecular formula is C18H25NO4. The number of aliphatic hydroxyl groups excluding tert-OH is 1. The molecular weight excluding hydrogens is 294 g/mol. The van der Waals surface area contributed by atoms with Gasteiger partial charge < -0.3 is 14.9 Å². The van der Waals surface area contributed by atoms with Gasteiger partial charge in [-0.3, -0.25) is 4.90 Å². The van der Waals surface area contributed by atoms with Crippen molar-refractivity contribution in [1.29, 1.82) is 0 Å². The topological polar surface area (TPSA) is 70.0 Å². The lowest BCUT2D eigenvalue weighted by atomic mass is 9.77. The molecule has 0 unspecified atom stereocenters. The van der Waals surface area contributed by atoms with Crippen LogP contribution >= 0.6 is 0 Å².